The molecule has 0 unspecified atom stereocenters. The van der Waals surface area contributed by atoms with Gasteiger partial charge in [-0.3, -0.25) is 19.1 Å². The van der Waals surface area contributed by atoms with Gasteiger partial charge < -0.3 is 25.5 Å². The molecule has 1 aromatic heterocycles. The largest absolute Gasteiger partial charge is 1.00 e. The summed E-state index contributed by atoms with van der Waals surface area (Å²) in [6, 6.07) is 12.3. The van der Waals surface area contributed by atoms with E-state index in [9.17, 15) is 41.8 Å². The van der Waals surface area contributed by atoms with Gasteiger partial charge in [0.2, 0.25) is 0 Å². The van der Waals surface area contributed by atoms with Gasteiger partial charge in [-0.2, -0.15) is 9.45 Å². The molecule has 1 heterocycles. The van der Waals surface area contributed by atoms with Crippen LogP contribution in [-0.4, -0.2) is 54.7 Å². The molecule has 1 amide bonds. The number of carbonyl (C=O) groups excluding carboxylic acids is 1. The Morgan fingerprint density at radius 3 is 2.15 bits per heavy atom. The van der Waals surface area contributed by atoms with E-state index in [0.29, 0.717) is 5.52 Å². The van der Waals surface area contributed by atoms with Gasteiger partial charge in [0.15, 0.2) is 38.2 Å². The molecule has 0 saturated heterocycles. The van der Waals surface area contributed by atoms with Gasteiger partial charge >= 0.3 is 88.7 Å². The number of fused-ring (bicyclic) bond motifs is 2. The summed E-state index contributed by atoms with van der Waals surface area (Å²) in [6.07, 6.45) is 0. The summed E-state index contributed by atoms with van der Waals surface area (Å²) in [4.78, 5) is 20.0. The number of anilines is 1. The van der Waals surface area contributed by atoms with E-state index in [1.807, 2.05) is 0 Å². The average molecular weight is 903 g/mol. The molecular formula is C27H16Cl2N5Na3O14S4. The number of rotatable bonds is 15. The van der Waals surface area contributed by atoms with Crippen molar-refractivity contribution in [2.75, 3.05) is 17.7 Å². The molecule has 19 nitrogen and oxygen atoms in total. The van der Waals surface area contributed by atoms with Gasteiger partial charge in [0, 0.05) is 16.3 Å². The number of aromatic nitrogens is 2. The van der Waals surface area contributed by atoms with E-state index < -0.39 is 53.3 Å². The van der Waals surface area contributed by atoms with Gasteiger partial charge in [0.05, 0.1) is 61.5 Å². The van der Waals surface area contributed by atoms with Crippen LogP contribution >= 0.6 is 47.6 Å². The van der Waals surface area contributed by atoms with Crippen molar-refractivity contribution < 1.29 is 153 Å². The summed E-state index contributed by atoms with van der Waals surface area (Å²) in [6.45, 7) is -0.344. The second-order valence-corrected chi connectivity index (χ2v) is 15.2. The molecule has 0 radical (unpaired) electrons. The Balaban J connectivity index is 0.00000348. The Labute approximate surface area is 395 Å². The third-order valence-corrected chi connectivity index (χ3v) is 10.9. The van der Waals surface area contributed by atoms with E-state index >= 15 is 0 Å². The van der Waals surface area contributed by atoms with Gasteiger partial charge in [0.1, 0.15) is 15.8 Å². The van der Waals surface area contributed by atoms with Crippen LogP contribution in [0.15, 0.2) is 85.6 Å². The van der Waals surface area contributed by atoms with Gasteiger partial charge in [-0.05, 0) is 60.7 Å². The number of benzene rings is 4. The number of azo groups is 1. The Kier molecular flexibility index (Phi) is 20.6. The van der Waals surface area contributed by atoms with Crippen molar-refractivity contribution in [3.63, 3.8) is 0 Å². The standard InChI is InChI=1S/C27H19Cl2N5O14S4.3Na/c28-25-26(29)31-20-11-13(1-7-18(20)30-25)27(36)32-19-8-6-16-17(24(19)52(41,42)43)12-21(49-47-45-37)22(23(16)35)34-33-14-2-4-15(5-3-14)51(39,40)10-9-44-50-48-46-38;;;/h1-8,11-12,35,37-38H,9-10H2,(H,32,36)(H,41,42,43);;;/q;3*+1/p-3. The molecule has 274 valence electrons. The van der Waals surface area contributed by atoms with Gasteiger partial charge in [0.25, 0.3) is 5.91 Å². The minimum atomic E-state index is -5.39. The van der Waals surface area contributed by atoms with Crippen molar-refractivity contribution in [1.82, 2.24) is 9.97 Å². The van der Waals surface area contributed by atoms with Crippen LogP contribution in [0.5, 0.6) is 5.75 Å². The SMILES string of the molecule is O=C(Nc1ccc2c(O)c(N=Nc3ccc(S(=O)(=O)CCOSOO[O-])cc3)c(SOO[O-])cc2c1S(=O)(=O)[O-])c1ccc2nc(Cl)c(Cl)nc2c1.[Na+].[Na+].[Na+]. The summed E-state index contributed by atoms with van der Waals surface area (Å²) in [5, 5.41) is 47.5. The fourth-order valence-corrected chi connectivity index (χ4v) is 7.46. The summed E-state index contributed by atoms with van der Waals surface area (Å²) in [5.74, 6) is -2.07. The number of hydrogen-bond acceptors (Lipinski definition) is 20. The molecule has 0 bridgehead atoms. The first kappa shape index (κ1) is 50.4. The maximum atomic E-state index is 13.2. The first-order valence-corrected chi connectivity index (χ1v) is 18.8. The van der Waals surface area contributed by atoms with Crippen molar-refractivity contribution >= 4 is 112 Å². The number of carbonyl (C=O) groups is 1. The number of sulfone groups is 1. The number of phenolic OH excluding ortho intramolecular Hbond substituents is 1. The van der Waals surface area contributed by atoms with Crippen LogP contribution in [0.3, 0.4) is 0 Å². The zero-order valence-corrected chi connectivity index (χ0v) is 38.9. The maximum absolute atomic E-state index is 13.2. The monoisotopic (exact) mass is 901 g/mol. The van der Waals surface area contributed by atoms with Crippen molar-refractivity contribution in [2.45, 2.75) is 14.7 Å². The summed E-state index contributed by atoms with van der Waals surface area (Å²) in [7, 11) is -9.23. The molecule has 55 heavy (non-hydrogen) atoms. The van der Waals surface area contributed by atoms with Crippen LogP contribution in [0.4, 0.5) is 17.1 Å². The smallest absolute Gasteiger partial charge is 0.744 e. The molecule has 0 aliphatic rings. The Morgan fingerprint density at radius 1 is 0.855 bits per heavy atom. The molecule has 0 fully saturated rings. The number of nitrogens with zero attached hydrogens (tertiary/aromatic N) is 4. The Bertz CT molecular complexity index is 2420. The third-order valence-electron chi connectivity index (χ3n) is 6.68. The van der Waals surface area contributed by atoms with Crippen LogP contribution in [0.1, 0.15) is 10.4 Å². The zero-order chi connectivity index (χ0) is 37.6. The molecule has 5 rings (SSSR count). The zero-order valence-electron chi connectivity index (χ0n) is 28.1. The van der Waals surface area contributed by atoms with Gasteiger partial charge in [-0.25, -0.2) is 26.8 Å². The summed E-state index contributed by atoms with van der Waals surface area (Å²) < 4.78 is 75.8. The van der Waals surface area contributed by atoms with Crippen molar-refractivity contribution in [2.24, 2.45) is 10.2 Å². The number of halogens is 2. The van der Waals surface area contributed by atoms with Gasteiger partial charge in [-0.15, -0.1) is 9.45 Å². The van der Waals surface area contributed by atoms with E-state index in [0.717, 1.165) is 12.1 Å². The molecule has 0 aliphatic carbocycles. The summed E-state index contributed by atoms with van der Waals surface area (Å²) >= 11 is 12.1. The second kappa shape index (κ2) is 22.5. The second-order valence-electron chi connectivity index (χ2n) is 9.78. The van der Waals surface area contributed by atoms with E-state index in [1.54, 1.807) is 0 Å². The van der Waals surface area contributed by atoms with Crippen LogP contribution in [-0.2, 0) is 42.9 Å². The number of amides is 1. The van der Waals surface area contributed by atoms with E-state index in [4.69, 9.17) is 27.4 Å². The van der Waals surface area contributed by atoms with Crippen LogP contribution < -0.4 is 105 Å². The molecule has 0 atom stereocenters. The number of hydrogen-bond donors (Lipinski definition) is 2. The normalized spacial score (nSPS) is 11.6. The number of phenols is 1. The topological polar surface area (TPSA) is 283 Å². The first-order valence-electron chi connectivity index (χ1n) is 13.6. The summed E-state index contributed by atoms with van der Waals surface area (Å²) in [5.41, 5.74) is -0.305. The molecular weight excluding hydrogens is 886 g/mol. The molecule has 0 aliphatic heterocycles. The number of nitrogens with one attached hydrogen (secondary N) is 1. The molecule has 0 saturated carbocycles. The third kappa shape index (κ3) is 12.8. The fourth-order valence-electron chi connectivity index (χ4n) is 4.47. The van der Waals surface area contributed by atoms with Crippen LogP contribution in [0.2, 0.25) is 10.3 Å². The Hall–Kier alpha value is -0.790. The maximum Gasteiger partial charge on any atom is 1.00 e. The minimum Gasteiger partial charge on any atom is -0.744 e. The van der Waals surface area contributed by atoms with Crippen LogP contribution in [0.25, 0.3) is 21.8 Å². The fraction of sp³-hybridized carbons (Fsp3) is 0.0741. The number of aromatic hydroxyl groups is 1. The molecule has 4 aromatic carbocycles. The van der Waals surface area contributed by atoms with Crippen molar-refractivity contribution in [3.05, 3.63) is 76.5 Å². The van der Waals surface area contributed by atoms with Crippen LogP contribution in [0, 0.1) is 0 Å². The minimum absolute atomic E-state index is 0. The Morgan fingerprint density at radius 2 is 1.51 bits per heavy atom. The molecule has 5 aromatic rings. The predicted octanol–water partition coefficient (Wildman–Crippen LogP) is -4.81. The molecule has 28 heteroatoms. The van der Waals surface area contributed by atoms with E-state index in [-0.39, 0.29) is 168 Å². The quantitative estimate of drug-likeness (QED) is 0.0190. The molecule has 2 N–H and O–H groups in total. The van der Waals surface area contributed by atoms with E-state index in [2.05, 4.69) is 44.3 Å². The predicted molar refractivity (Wildman–Crippen MR) is 177 cm³/mol. The van der Waals surface area contributed by atoms with E-state index in [1.165, 1.54) is 48.5 Å². The van der Waals surface area contributed by atoms with Crippen molar-refractivity contribution in [1.29, 1.82) is 0 Å². The molecule has 0 spiro atoms. The first-order chi connectivity index (χ1) is 24.7. The van der Waals surface area contributed by atoms with Gasteiger partial charge in [-0.1, -0.05) is 23.2 Å². The average Bonchev–Trinajstić information content (AvgIpc) is 3.10. The van der Waals surface area contributed by atoms with Crippen molar-refractivity contribution in [3.8, 4) is 5.75 Å².